The van der Waals surface area contributed by atoms with Gasteiger partial charge >= 0.3 is 0 Å². The lowest BCUT2D eigenvalue weighted by molar-refractivity contribution is 0.701. The summed E-state index contributed by atoms with van der Waals surface area (Å²) in [6.07, 6.45) is 4.25. The summed E-state index contributed by atoms with van der Waals surface area (Å²) in [7, 11) is 0. The largest absolute Gasteiger partial charge is 0.312 e. The van der Waals surface area contributed by atoms with E-state index in [1.54, 1.807) is 0 Å². The highest BCUT2D eigenvalue weighted by atomic mass is 127. The van der Waals surface area contributed by atoms with Crippen LogP contribution in [-0.2, 0) is 0 Å². The molecule has 0 saturated heterocycles. The summed E-state index contributed by atoms with van der Waals surface area (Å²) in [6.45, 7) is 1.97. The quantitative estimate of drug-likeness (QED) is 0.719. The van der Waals surface area contributed by atoms with Gasteiger partial charge in [-0.3, -0.25) is 4.79 Å². The molecule has 1 heterocycles. The van der Waals surface area contributed by atoms with Crippen LogP contribution < -0.4 is 5.56 Å². The number of halogens is 1. The van der Waals surface area contributed by atoms with Crippen molar-refractivity contribution in [3.05, 3.63) is 31.8 Å². The van der Waals surface area contributed by atoms with Crippen molar-refractivity contribution in [2.24, 2.45) is 0 Å². The lowest BCUT2D eigenvalue weighted by atomic mass is 10.3. The minimum atomic E-state index is 0.179. The van der Waals surface area contributed by atoms with Gasteiger partial charge in [-0.2, -0.15) is 0 Å². The SMILES string of the molecule is Cc1ccn(C2CC2)c(=O)c1I. The molecular weight excluding hydrogens is 265 g/mol. The van der Waals surface area contributed by atoms with Crippen LogP contribution >= 0.6 is 22.6 Å². The lowest BCUT2D eigenvalue weighted by Crippen LogP contribution is -2.21. The highest BCUT2D eigenvalue weighted by molar-refractivity contribution is 14.1. The molecule has 2 rings (SSSR count). The van der Waals surface area contributed by atoms with Gasteiger partial charge in [0.2, 0.25) is 0 Å². The van der Waals surface area contributed by atoms with E-state index in [1.165, 1.54) is 12.8 Å². The van der Waals surface area contributed by atoms with E-state index in [4.69, 9.17) is 0 Å². The molecule has 3 heteroatoms. The van der Waals surface area contributed by atoms with Gasteiger partial charge in [0.15, 0.2) is 0 Å². The van der Waals surface area contributed by atoms with E-state index < -0.39 is 0 Å². The van der Waals surface area contributed by atoms with Crippen LogP contribution in [0.25, 0.3) is 0 Å². The molecule has 0 amide bonds. The van der Waals surface area contributed by atoms with Gasteiger partial charge in [-0.1, -0.05) is 0 Å². The minimum Gasteiger partial charge on any atom is -0.312 e. The maximum Gasteiger partial charge on any atom is 0.264 e. The molecule has 0 N–H and O–H groups in total. The van der Waals surface area contributed by atoms with Gasteiger partial charge in [0.1, 0.15) is 0 Å². The number of hydrogen-bond donors (Lipinski definition) is 0. The van der Waals surface area contributed by atoms with Crippen molar-refractivity contribution in [1.82, 2.24) is 4.57 Å². The molecule has 12 heavy (non-hydrogen) atoms. The van der Waals surface area contributed by atoms with Gasteiger partial charge in [-0.15, -0.1) is 0 Å². The van der Waals surface area contributed by atoms with E-state index in [2.05, 4.69) is 22.6 Å². The molecule has 0 unspecified atom stereocenters. The predicted molar refractivity (Wildman–Crippen MR) is 56.4 cm³/mol. The molecule has 0 atom stereocenters. The zero-order valence-corrected chi connectivity index (χ0v) is 9.04. The second-order valence-corrected chi connectivity index (χ2v) is 4.34. The van der Waals surface area contributed by atoms with Crippen LogP contribution in [0.3, 0.4) is 0 Å². The summed E-state index contributed by atoms with van der Waals surface area (Å²) in [5, 5.41) is 0. The standard InChI is InChI=1S/C9H10INO/c1-6-4-5-11(7-2-3-7)9(12)8(6)10/h4-5,7H,2-3H2,1H3. The fourth-order valence-electron chi connectivity index (χ4n) is 1.26. The van der Waals surface area contributed by atoms with Crippen LogP contribution in [0.4, 0.5) is 0 Å². The van der Waals surface area contributed by atoms with Crippen molar-refractivity contribution in [3.8, 4) is 0 Å². The fraction of sp³-hybridized carbons (Fsp3) is 0.444. The lowest BCUT2D eigenvalue weighted by Gasteiger charge is -2.04. The summed E-state index contributed by atoms with van der Waals surface area (Å²) in [5.41, 5.74) is 1.26. The van der Waals surface area contributed by atoms with E-state index in [0.29, 0.717) is 6.04 Å². The second kappa shape index (κ2) is 2.87. The number of rotatable bonds is 1. The first-order chi connectivity index (χ1) is 5.70. The number of hydrogen-bond acceptors (Lipinski definition) is 1. The van der Waals surface area contributed by atoms with Gasteiger partial charge in [0, 0.05) is 12.2 Å². The van der Waals surface area contributed by atoms with Crippen LogP contribution in [-0.4, -0.2) is 4.57 Å². The molecule has 1 aromatic rings. The molecule has 0 radical (unpaired) electrons. The third kappa shape index (κ3) is 1.30. The van der Waals surface area contributed by atoms with Gasteiger partial charge in [0.25, 0.3) is 5.56 Å². The average Bonchev–Trinajstić information content (AvgIpc) is 2.84. The molecule has 64 valence electrons. The van der Waals surface area contributed by atoms with Gasteiger partial charge < -0.3 is 4.57 Å². The van der Waals surface area contributed by atoms with Crippen molar-refractivity contribution < 1.29 is 0 Å². The molecule has 1 aliphatic carbocycles. The van der Waals surface area contributed by atoms with E-state index in [0.717, 1.165) is 9.13 Å². The third-order valence-electron chi connectivity index (χ3n) is 2.19. The monoisotopic (exact) mass is 275 g/mol. The molecule has 1 saturated carbocycles. The highest BCUT2D eigenvalue weighted by Gasteiger charge is 2.24. The molecule has 0 spiro atoms. The average molecular weight is 275 g/mol. The number of nitrogens with zero attached hydrogens (tertiary/aromatic N) is 1. The van der Waals surface area contributed by atoms with Crippen LogP contribution in [0.5, 0.6) is 0 Å². The summed E-state index contributed by atoms with van der Waals surface area (Å²) >= 11 is 2.12. The molecule has 2 nitrogen and oxygen atoms in total. The van der Waals surface area contributed by atoms with E-state index in [1.807, 2.05) is 23.8 Å². The molecular formula is C9H10INO. The van der Waals surface area contributed by atoms with Crippen LogP contribution in [0.2, 0.25) is 0 Å². The highest BCUT2D eigenvalue weighted by Crippen LogP contribution is 2.33. The normalized spacial score (nSPS) is 16.5. The predicted octanol–water partition coefficient (Wildman–Crippen LogP) is 2.10. The number of pyridine rings is 1. The fourth-order valence-corrected chi connectivity index (χ4v) is 1.71. The topological polar surface area (TPSA) is 22.0 Å². The zero-order chi connectivity index (χ0) is 8.72. The Kier molecular flexibility index (Phi) is 1.98. The Labute approximate surface area is 84.7 Å². The van der Waals surface area contributed by atoms with Crippen LogP contribution in [0.15, 0.2) is 17.1 Å². The van der Waals surface area contributed by atoms with Gasteiger partial charge in [0.05, 0.1) is 3.57 Å². The molecule has 0 bridgehead atoms. The van der Waals surface area contributed by atoms with E-state index in [9.17, 15) is 4.79 Å². The first-order valence-electron chi connectivity index (χ1n) is 4.07. The Morgan fingerprint density at radius 2 is 2.25 bits per heavy atom. The Hall–Kier alpha value is -0.320. The number of aryl methyl sites for hydroxylation is 1. The van der Waals surface area contributed by atoms with Gasteiger partial charge in [-0.25, -0.2) is 0 Å². The Morgan fingerprint density at radius 3 is 2.83 bits per heavy atom. The van der Waals surface area contributed by atoms with Crippen LogP contribution in [0, 0.1) is 10.5 Å². The third-order valence-corrected chi connectivity index (χ3v) is 3.51. The van der Waals surface area contributed by atoms with Crippen molar-refractivity contribution in [2.75, 3.05) is 0 Å². The molecule has 0 aliphatic heterocycles. The number of aromatic nitrogens is 1. The van der Waals surface area contributed by atoms with Crippen molar-refractivity contribution in [1.29, 1.82) is 0 Å². The second-order valence-electron chi connectivity index (χ2n) is 3.26. The Morgan fingerprint density at radius 1 is 1.58 bits per heavy atom. The van der Waals surface area contributed by atoms with Crippen LogP contribution in [0.1, 0.15) is 24.4 Å². The minimum absolute atomic E-state index is 0.179. The van der Waals surface area contributed by atoms with Gasteiger partial charge in [-0.05, 0) is 54.0 Å². The Balaban J connectivity index is 2.57. The van der Waals surface area contributed by atoms with E-state index in [-0.39, 0.29) is 5.56 Å². The molecule has 0 aromatic carbocycles. The molecule has 1 fully saturated rings. The van der Waals surface area contributed by atoms with Crippen molar-refractivity contribution in [2.45, 2.75) is 25.8 Å². The molecule has 1 aliphatic rings. The maximum absolute atomic E-state index is 11.6. The summed E-state index contributed by atoms with van der Waals surface area (Å²) in [4.78, 5) is 11.6. The summed E-state index contributed by atoms with van der Waals surface area (Å²) < 4.78 is 2.72. The smallest absolute Gasteiger partial charge is 0.264 e. The summed E-state index contributed by atoms with van der Waals surface area (Å²) in [5.74, 6) is 0. The van der Waals surface area contributed by atoms with E-state index >= 15 is 0 Å². The summed E-state index contributed by atoms with van der Waals surface area (Å²) in [6, 6.07) is 2.51. The first kappa shape index (κ1) is 8.29. The first-order valence-corrected chi connectivity index (χ1v) is 5.15. The maximum atomic E-state index is 11.6. The van der Waals surface area contributed by atoms with Crippen molar-refractivity contribution in [3.63, 3.8) is 0 Å². The molecule has 1 aromatic heterocycles. The van der Waals surface area contributed by atoms with Crippen molar-refractivity contribution >= 4 is 22.6 Å². The Bertz CT molecular complexity index is 365. The zero-order valence-electron chi connectivity index (χ0n) is 6.88.